The van der Waals surface area contributed by atoms with Crippen molar-refractivity contribution in [3.63, 3.8) is 0 Å². The second kappa shape index (κ2) is 9.54. The first-order valence-electron chi connectivity index (χ1n) is 12.0. The van der Waals surface area contributed by atoms with Crippen LogP contribution in [0.15, 0.2) is 41.4 Å². The van der Waals surface area contributed by atoms with E-state index < -0.39 is 10.0 Å². The lowest BCUT2D eigenvalue weighted by atomic mass is 10.0. The van der Waals surface area contributed by atoms with Gasteiger partial charge in [0, 0.05) is 37.8 Å². The number of aromatic nitrogens is 3. The van der Waals surface area contributed by atoms with Gasteiger partial charge in [0.05, 0.1) is 19.1 Å². The van der Waals surface area contributed by atoms with Crippen LogP contribution in [0.2, 0.25) is 0 Å². The summed E-state index contributed by atoms with van der Waals surface area (Å²) in [6, 6.07) is 8.89. The van der Waals surface area contributed by atoms with Gasteiger partial charge in [-0.15, -0.1) is 0 Å². The van der Waals surface area contributed by atoms with Gasteiger partial charge >= 0.3 is 0 Å². The van der Waals surface area contributed by atoms with E-state index in [2.05, 4.69) is 9.55 Å². The zero-order valence-corrected chi connectivity index (χ0v) is 20.6. The van der Waals surface area contributed by atoms with Gasteiger partial charge in [-0.2, -0.15) is 4.31 Å². The fraction of sp³-hybridized carbons (Fsp3) is 0.520. The highest BCUT2D eigenvalue weighted by molar-refractivity contribution is 7.89. The Hall–Kier alpha value is -2.65. The minimum atomic E-state index is -3.63. The molecule has 1 saturated carbocycles. The average molecular weight is 485 g/mol. The molecule has 0 amide bonds. The summed E-state index contributed by atoms with van der Waals surface area (Å²) in [6.45, 7) is 0.910. The molecule has 0 N–H and O–H groups in total. The maximum atomic E-state index is 13.4. The second-order valence-electron chi connectivity index (χ2n) is 9.25. The van der Waals surface area contributed by atoms with Gasteiger partial charge in [-0.25, -0.2) is 18.4 Å². The molecule has 0 radical (unpaired) electrons. The molecule has 1 aliphatic carbocycles. The standard InChI is InChI=1S/C25H32N4O4S/c1-32-22-10-9-20(17-23(22)33-2)34(30,31)28-14-11-19(12-15-28)29-24(16-18-6-3-4-7-18)27-21-8-5-13-26-25(21)29/h5,8-10,13,17-19H,3-4,6-7,11-12,14-16H2,1-2H3. The lowest BCUT2D eigenvalue weighted by Crippen LogP contribution is -2.39. The van der Waals surface area contributed by atoms with Crippen LogP contribution in [-0.4, -0.2) is 54.6 Å². The van der Waals surface area contributed by atoms with Gasteiger partial charge in [0.25, 0.3) is 0 Å². The summed E-state index contributed by atoms with van der Waals surface area (Å²) in [7, 11) is -0.585. The van der Waals surface area contributed by atoms with E-state index in [0.29, 0.717) is 30.5 Å². The molecule has 2 fully saturated rings. The maximum absolute atomic E-state index is 13.4. The first-order chi connectivity index (χ1) is 16.5. The van der Waals surface area contributed by atoms with Gasteiger partial charge < -0.3 is 14.0 Å². The number of imidazole rings is 1. The number of nitrogens with zero attached hydrogens (tertiary/aromatic N) is 4. The lowest BCUT2D eigenvalue weighted by molar-refractivity contribution is 0.271. The molecule has 1 saturated heterocycles. The van der Waals surface area contributed by atoms with Crippen LogP contribution in [0.3, 0.4) is 0 Å². The molecule has 34 heavy (non-hydrogen) atoms. The van der Waals surface area contributed by atoms with E-state index in [1.807, 2.05) is 18.3 Å². The first kappa shape index (κ1) is 23.1. The van der Waals surface area contributed by atoms with Crippen molar-refractivity contribution in [2.45, 2.75) is 55.9 Å². The van der Waals surface area contributed by atoms with Crippen molar-refractivity contribution in [1.29, 1.82) is 0 Å². The van der Waals surface area contributed by atoms with Crippen LogP contribution in [0.4, 0.5) is 0 Å². The monoisotopic (exact) mass is 484 g/mol. The number of pyridine rings is 1. The van der Waals surface area contributed by atoms with Crippen molar-refractivity contribution < 1.29 is 17.9 Å². The number of hydrogen-bond donors (Lipinski definition) is 0. The molecule has 1 aliphatic heterocycles. The van der Waals surface area contributed by atoms with Crippen LogP contribution in [0.5, 0.6) is 11.5 Å². The Balaban J connectivity index is 1.37. The third kappa shape index (κ3) is 4.27. The Kier molecular flexibility index (Phi) is 6.48. The van der Waals surface area contributed by atoms with E-state index in [0.717, 1.165) is 36.3 Å². The fourth-order valence-electron chi connectivity index (χ4n) is 5.44. The van der Waals surface area contributed by atoms with Gasteiger partial charge in [0.15, 0.2) is 17.1 Å². The summed E-state index contributed by atoms with van der Waals surface area (Å²) in [5.74, 6) is 2.70. The summed E-state index contributed by atoms with van der Waals surface area (Å²) in [5.41, 5.74) is 1.84. The number of sulfonamides is 1. The minimum absolute atomic E-state index is 0.188. The van der Waals surface area contributed by atoms with E-state index in [1.54, 1.807) is 16.4 Å². The third-order valence-corrected chi connectivity index (χ3v) is 9.14. The molecule has 0 bridgehead atoms. The van der Waals surface area contributed by atoms with Crippen LogP contribution >= 0.6 is 0 Å². The highest BCUT2D eigenvalue weighted by Gasteiger charge is 2.33. The maximum Gasteiger partial charge on any atom is 0.243 e. The van der Waals surface area contributed by atoms with Crippen molar-refractivity contribution in [1.82, 2.24) is 18.8 Å². The number of fused-ring (bicyclic) bond motifs is 1. The molecule has 3 aromatic rings. The van der Waals surface area contributed by atoms with Crippen LogP contribution in [0, 0.1) is 5.92 Å². The Morgan fingerprint density at radius 1 is 1.00 bits per heavy atom. The van der Waals surface area contributed by atoms with Crippen LogP contribution in [0.25, 0.3) is 11.2 Å². The molecule has 2 aromatic heterocycles. The molecule has 1 aromatic carbocycles. The molecular weight excluding hydrogens is 452 g/mol. The highest BCUT2D eigenvalue weighted by atomic mass is 32.2. The molecule has 0 atom stereocenters. The predicted octanol–water partition coefficient (Wildman–Crippen LogP) is 4.21. The summed E-state index contributed by atoms with van der Waals surface area (Å²) >= 11 is 0. The average Bonchev–Trinajstić information content (AvgIpc) is 3.51. The van der Waals surface area contributed by atoms with Crippen LogP contribution in [-0.2, 0) is 16.4 Å². The Morgan fingerprint density at radius 2 is 1.74 bits per heavy atom. The van der Waals surface area contributed by atoms with E-state index in [4.69, 9.17) is 14.5 Å². The van der Waals surface area contributed by atoms with Gasteiger partial charge in [0.1, 0.15) is 11.3 Å². The van der Waals surface area contributed by atoms with E-state index >= 15 is 0 Å². The summed E-state index contributed by atoms with van der Waals surface area (Å²) in [5, 5.41) is 0. The number of ether oxygens (including phenoxy) is 2. The van der Waals surface area contributed by atoms with E-state index in [1.165, 1.54) is 46.0 Å². The number of methoxy groups -OCH3 is 2. The Morgan fingerprint density at radius 3 is 2.44 bits per heavy atom. The zero-order chi connectivity index (χ0) is 23.7. The predicted molar refractivity (Wildman–Crippen MR) is 130 cm³/mol. The topological polar surface area (TPSA) is 86.6 Å². The molecule has 182 valence electrons. The van der Waals surface area contributed by atoms with Gasteiger partial charge in [0.2, 0.25) is 10.0 Å². The Labute approximate surface area is 201 Å². The van der Waals surface area contributed by atoms with E-state index in [-0.39, 0.29) is 10.9 Å². The number of hydrogen-bond acceptors (Lipinski definition) is 6. The van der Waals surface area contributed by atoms with Crippen molar-refractivity contribution in [3.05, 3.63) is 42.4 Å². The quantitative estimate of drug-likeness (QED) is 0.499. The van der Waals surface area contributed by atoms with Crippen molar-refractivity contribution in [2.24, 2.45) is 5.92 Å². The highest BCUT2D eigenvalue weighted by Crippen LogP contribution is 2.35. The molecule has 8 nitrogen and oxygen atoms in total. The molecule has 0 spiro atoms. The van der Waals surface area contributed by atoms with Gasteiger partial charge in [-0.1, -0.05) is 25.7 Å². The normalized spacial score (nSPS) is 18.5. The number of piperidine rings is 1. The molecular formula is C25H32N4O4S. The van der Waals surface area contributed by atoms with E-state index in [9.17, 15) is 8.42 Å². The summed E-state index contributed by atoms with van der Waals surface area (Å²) in [4.78, 5) is 9.81. The largest absolute Gasteiger partial charge is 0.493 e. The fourth-order valence-corrected chi connectivity index (χ4v) is 6.93. The second-order valence-corrected chi connectivity index (χ2v) is 11.2. The molecule has 2 aliphatic rings. The summed E-state index contributed by atoms with van der Waals surface area (Å²) < 4.78 is 41.1. The minimum Gasteiger partial charge on any atom is -0.493 e. The van der Waals surface area contributed by atoms with Gasteiger partial charge in [-0.05, 0) is 43.0 Å². The Bertz CT molecular complexity index is 1260. The van der Waals surface area contributed by atoms with Crippen molar-refractivity contribution >= 4 is 21.2 Å². The van der Waals surface area contributed by atoms with Gasteiger partial charge in [-0.3, -0.25) is 0 Å². The third-order valence-electron chi connectivity index (χ3n) is 7.25. The zero-order valence-electron chi connectivity index (χ0n) is 19.8. The molecule has 9 heteroatoms. The van der Waals surface area contributed by atoms with Crippen LogP contribution in [0.1, 0.15) is 50.4 Å². The molecule has 5 rings (SSSR count). The van der Waals surface area contributed by atoms with Crippen LogP contribution < -0.4 is 9.47 Å². The molecule has 3 heterocycles. The smallest absolute Gasteiger partial charge is 0.243 e. The SMILES string of the molecule is COc1ccc(S(=O)(=O)N2CCC(n3c(CC4CCCC4)nc4cccnc43)CC2)cc1OC. The van der Waals surface area contributed by atoms with Crippen molar-refractivity contribution in [2.75, 3.05) is 27.3 Å². The number of benzene rings is 1. The lowest BCUT2D eigenvalue weighted by Gasteiger charge is -2.33. The van der Waals surface area contributed by atoms with Crippen molar-refractivity contribution in [3.8, 4) is 11.5 Å². The number of rotatable bonds is 7. The first-order valence-corrected chi connectivity index (χ1v) is 13.5. The molecule has 0 unspecified atom stereocenters. The summed E-state index contributed by atoms with van der Waals surface area (Å²) in [6.07, 6.45) is 9.37.